The Labute approximate surface area is 134 Å². The predicted molar refractivity (Wildman–Crippen MR) is 85.4 cm³/mol. The van der Waals surface area contributed by atoms with Gasteiger partial charge in [-0.1, -0.05) is 25.1 Å². The number of nitrogens with zero attached hydrogens (tertiary/aromatic N) is 1. The zero-order valence-electron chi connectivity index (χ0n) is 13.0. The lowest BCUT2D eigenvalue weighted by Crippen LogP contribution is -2.32. The highest BCUT2D eigenvalue weighted by molar-refractivity contribution is 5.97. The molecule has 0 saturated heterocycles. The number of esters is 1. The van der Waals surface area contributed by atoms with Gasteiger partial charge in [0.1, 0.15) is 0 Å². The summed E-state index contributed by atoms with van der Waals surface area (Å²) in [5.41, 5.74) is 0.912. The quantitative estimate of drug-likeness (QED) is 0.829. The Morgan fingerprint density at radius 3 is 2.48 bits per heavy atom. The average Bonchev–Trinajstić information content (AvgIpc) is 2.60. The van der Waals surface area contributed by atoms with E-state index in [0.717, 1.165) is 0 Å². The van der Waals surface area contributed by atoms with Crippen LogP contribution in [0.4, 0.5) is 5.69 Å². The van der Waals surface area contributed by atoms with Crippen LogP contribution in [0.1, 0.15) is 23.7 Å². The van der Waals surface area contributed by atoms with Crippen molar-refractivity contribution in [2.45, 2.75) is 19.4 Å². The van der Waals surface area contributed by atoms with Gasteiger partial charge >= 0.3 is 5.97 Å². The fourth-order valence-electron chi connectivity index (χ4n) is 1.89. The molecule has 0 radical (unpaired) electrons. The van der Waals surface area contributed by atoms with Crippen molar-refractivity contribution in [1.82, 2.24) is 4.98 Å². The van der Waals surface area contributed by atoms with Gasteiger partial charge in [-0.05, 0) is 24.6 Å². The van der Waals surface area contributed by atoms with E-state index in [1.54, 1.807) is 25.1 Å². The number of pyridine rings is 1. The molecule has 0 aliphatic carbocycles. The number of hydrogen-bond acceptors (Lipinski definition) is 5. The van der Waals surface area contributed by atoms with Crippen LogP contribution in [-0.2, 0) is 9.53 Å². The average molecular weight is 314 g/mol. The third kappa shape index (κ3) is 4.54. The smallest absolute Gasteiger partial charge is 0.340 e. The zero-order chi connectivity index (χ0) is 16.7. The molecule has 0 fully saturated rings. The van der Waals surface area contributed by atoms with E-state index in [9.17, 15) is 9.59 Å². The molecule has 0 spiro atoms. The van der Waals surface area contributed by atoms with Crippen molar-refractivity contribution in [2.24, 2.45) is 0 Å². The molecule has 2 rings (SSSR count). The summed E-state index contributed by atoms with van der Waals surface area (Å²) in [4.78, 5) is 28.2. The summed E-state index contributed by atoms with van der Waals surface area (Å²) in [6.07, 6.45) is 0.849. The van der Waals surface area contributed by atoms with Crippen molar-refractivity contribution in [2.75, 3.05) is 12.4 Å². The van der Waals surface area contributed by atoms with Gasteiger partial charge in [0, 0.05) is 18.0 Å². The van der Waals surface area contributed by atoms with E-state index in [-0.39, 0.29) is 11.5 Å². The summed E-state index contributed by atoms with van der Waals surface area (Å²) < 4.78 is 10.2. The van der Waals surface area contributed by atoms with Gasteiger partial charge in [0.2, 0.25) is 5.88 Å². The maximum Gasteiger partial charge on any atom is 0.340 e. The molecule has 1 amide bonds. The van der Waals surface area contributed by atoms with Crippen LogP contribution >= 0.6 is 0 Å². The molecular formula is C17H18N2O4. The van der Waals surface area contributed by atoms with Crippen LogP contribution in [-0.4, -0.2) is 30.1 Å². The highest BCUT2D eigenvalue weighted by atomic mass is 16.5. The molecule has 6 heteroatoms. The van der Waals surface area contributed by atoms with Gasteiger partial charge in [-0.3, -0.25) is 4.79 Å². The van der Waals surface area contributed by atoms with E-state index in [2.05, 4.69) is 10.3 Å². The Hall–Kier alpha value is -2.89. The SMILES string of the molecule is CCC(OC(=O)c1ccc(OC)nc1)C(=O)Nc1ccccc1. The second-order valence-corrected chi connectivity index (χ2v) is 4.75. The van der Waals surface area contributed by atoms with Crippen molar-refractivity contribution in [3.05, 3.63) is 54.2 Å². The zero-order valence-corrected chi connectivity index (χ0v) is 13.0. The number of carbonyl (C=O) groups is 2. The molecule has 0 saturated carbocycles. The lowest BCUT2D eigenvalue weighted by atomic mass is 10.2. The Morgan fingerprint density at radius 2 is 1.91 bits per heavy atom. The molecule has 1 unspecified atom stereocenters. The van der Waals surface area contributed by atoms with Crippen LogP contribution in [0.3, 0.4) is 0 Å². The number of benzene rings is 1. The van der Waals surface area contributed by atoms with E-state index in [1.807, 2.05) is 18.2 Å². The van der Waals surface area contributed by atoms with E-state index >= 15 is 0 Å². The molecule has 6 nitrogen and oxygen atoms in total. The number of hydrogen-bond donors (Lipinski definition) is 1. The molecule has 1 aromatic heterocycles. The summed E-state index contributed by atoms with van der Waals surface area (Å²) in [6.45, 7) is 1.77. The van der Waals surface area contributed by atoms with Gasteiger partial charge < -0.3 is 14.8 Å². The lowest BCUT2D eigenvalue weighted by molar-refractivity contribution is -0.124. The van der Waals surface area contributed by atoms with Crippen molar-refractivity contribution in [3.8, 4) is 5.88 Å². The minimum Gasteiger partial charge on any atom is -0.481 e. The first kappa shape index (κ1) is 16.5. The first-order valence-corrected chi connectivity index (χ1v) is 7.21. The number of para-hydroxylation sites is 1. The standard InChI is InChI=1S/C17H18N2O4/c1-3-14(16(20)19-13-7-5-4-6-8-13)23-17(21)12-9-10-15(22-2)18-11-12/h4-11,14H,3H2,1-2H3,(H,19,20). The summed E-state index contributed by atoms with van der Waals surface area (Å²) in [5, 5.41) is 2.72. The van der Waals surface area contributed by atoms with Gasteiger partial charge in [-0.25, -0.2) is 9.78 Å². The molecule has 0 bridgehead atoms. The van der Waals surface area contributed by atoms with Crippen LogP contribution in [0.25, 0.3) is 0 Å². The minimum atomic E-state index is -0.871. The third-order valence-electron chi connectivity index (χ3n) is 3.14. The number of methoxy groups -OCH3 is 1. The number of carbonyl (C=O) groups excluding carboxylic acids is 2. The largest absolute Gasteiger partial charge is 0.481 e. The summed E-state index contributed by atoms with van der Waals surface area (Å²) in [5.74, 6) is -0.570. The first-order chi connectivity index (χ1) is 11.1. The molecule has 2 aromatic rings. The number of nitrogens with one attached hydrogen (secondary N) is 1. The number of rotatable bonds is 6. The Bertz CT molecular complexity index is 656. The Morgan fingerprint density at radius 1 is 1.17 bits per heavy atom. The Balaban J connectivity index is 2.00. The van der Waals surface area contributed by atoms with Crippen LogP contribution in [0.5, 0.6) is 5.88 Å². The lowest BCUT2D eigenvalue weighted by Gasteiger charge is -2.16. The normalized spacial score (nSPS) is 11.4. The van der Waals surface area contributed by atoms with Crippen LogP contribution < -0.4 is 10.1 Å². The first-order valence-electron chi connectivity index (χ1n) is 7.21. The van der Waals surface area contributed by atoms with Gasteiger partial charge in [-0.15, -0.1) is 0 Å². The third-order valence-corrected chi connectivity index (χ3v) is 3.14. The van der Waals surface area contributed by atoms with Crippen molar-refractivity contribution >= 4 is 17.6 Å². The fourth-order valence-corrected chi connectivity index (χ4v) is 1.89. The summed E-state index contributed by atoms with van der Waals surface area (Å²) in [7, 11) is 1.49. The molecule has 0 aliphatic rings. The van der Waals surface area contributed by atoms with Gasteiger partial charge in [0.15, 0.2) is 6.10 Å². The molecule has 1 N–H and O–H groups in total. The number of aromatic nitrogens is 1. The molecule has 120 valence electrons. The highest BCUT2D eigenvalue weighted by Gasteiger charge is 2.22. The molecule has 0 aliphatic heterocycles. The second kappa shape index (κ2) is 7.93. The maximum atomic E-state index is 12.2. The van der Waals surface area contributed by atoms with E-state index in [0.29, 0.717) is 18.0 Å². The van der Waals surface area contributed by atoms with E-state index < -0.39 is 12.1 Å². The van der Waals surface area contributed by atoms with Crippen molar-refractivity contribution in [1.29, 1.82) is 0 Å². The van der Waals surface area contributed by atoms with Crippen LogP contribution in [0.15, 0.2) is 48.7 Å². The second-order valence-electron chi connectivity index (χ2n) is 4.75. The topological polar surface area (TPSA) is 77.5 Å². The molecule has 1 atom stereocenters. The van der Waals surface area contributed by atoms with Crippen LogP contribution in [0.2, 0.25) is 0 Å². The van der Waals surface area contributed by atoms with Crippen LogP contribution in [0, 0.1) is 0 Å². The van der Waals surface area contributed by atoms with E-state index in [1.165, 1.54) is 19.4 Å². The van der Waals surface area contributed by atoms with Gasteiger partial charge in [-0.2, -0.15) is 0 Å². The van der Waals surface area contributed by atoms with Gasteiger partial charge in [0.05, 0.1) is 12.7 Å². The predicted octanol–water partition coefficient (Wildman–Crippen LogP) is 2.66. The number of amides is 1. The van der Waals surface area contributed by atoms with Crippen molar-refractivity contribution in [3.63, 3.8) is 0 Å². The maximum absolute atomic E-state index is 12.2. The Kier molecular flexibility index (Phi) is 5.68. The highest BCUT2D eigenvalue weighted by Crippen LogP contribution is 2.12. The minimum absolute atomic E-state index is 0.261. The van der Waals surface area contributed by atoms with Crippen molar-refractivity contribution < 1.29 is 19.1 Å². The monoisotopic (exact) mass is 314 g/mol. The molecule has 1 heterocycles. The molecule has 23 heavy (non-hydrogen) atoms. The summed E-state index contributed by atoms with van der Waals surface area (Å²) >= 11 is 0. The fraction of sp³-hybridized carbons (Fsp3) is 0.235. The summed E-state index contributed by atoms with van der Waals surface area (Å²) in [6, 6.07) is 12.1. The number of ether oxygens (including phenoxy) is 2. The molecular weight excluding hydrogens is 296 g/mol. The number of anilines is 1. The van der Waals surface area contributed by atoms with E-state index in [4.69, 9.17) is 9.47 Å². The van der Waals surface area contributed by atoms with Gasteiger partial charge in [0.25, 0.3) is 5.91 Å². The molecule has 1 aromatic carbocycles.